The number of rotatable bonds is 2. The van der Waals surface area contributed by atoms with Crippen molar-refractivity contribution in [3.63, 3.8) is 0 Å². The van der Waals surface area contributed by atoms with Crippen LogP contribution in [-0.2, 0) is 0 Å². The van der Waals surface area contributed by atoms with Gasteiger partial charge >= 0.3 is 0 Å². The number of anilines is 3. The van der Waals surface area contributed by atoms with Crippen molar-refractivity contribution in [1.82, 2.24) is 4.98 Å². The Balaban J connectivity index is 1.98. The number of nitrogens with zero attached hydrogens (tertiary/aromatic N) is 1. The highest BCUT2D eigenvalue weighted by Gasteiger charge is 2.06. The second kappa shape index (κ2) is 5.11. The van der Waals surface area contributed by atoms with Gasteiger partial charge in [0.1, 0.15) is 0 Å². The van der Waals surface area contributed by atoms with E-state index in [4.69, 9.17) is 5.73 Å². The summed E-state index contributed by atoms with van der Waals surface area (Å²) in [5.41, 5.74) is 8.46. The quantitative estimate of drug-likeness (QED) is 0.587. The smallest absolute Gasteiger partial charge is 0.188 e. The summed E-state index contributed by atoms with van der Waals surface area (Å²) in [6.07, 6.45) is 0. The van der Waals surface area contributed by atoms with Crippen LogP contribution in [0.25, 0.3) is 10.2 Å². The first-order valence-electron chi connectivity index (χ1n) is 5.50. The van der Waals surface area contributed by atoms with Crippen LogP contribution in [-0.4, -0.2) is 4.98 Å². The van der Waals surface area contributed by atoms with Crippen LogP contribution in [0.4, 0.5) is 16.5 Å². The molecule has 0 saturated carbocycles. The third kappa shape index (κ3) is 2.75. The summed E-state index contributed by atoms with van der Waals surface area (Å²) >= 11 is 8.56. The first-order valence-corrected chi connectivity index (χ1v) is 7.90. The molecule has 0 unspecified atom stereocenters. The van der Waals surface area contributed by atoms with E-state index in [9.17, 15) is 0 Å². The molecular weight excluding hydrogens is 390 g/mol. The molecule has 6 heteroatoms. The lowest BCUT2D eigenvalue weighted by molar-refractivity contribution is 1.43. The van der Waals surface area contributed by atoms with Crippen molar-refractivity contribution in [2.75, 3.05) is 11.1 Å². The summed E-state index contributed by atoms with van der Waals surface area (Å²) in [5.74, 6) is 0. The van der Waals surface area contributed by atoms with Gasteiger partial charge in [-0.05, 0) is 52.3 Å². The average Bonchev–Trinajstić information content (AvgIpc) is 2.75. The summed E-state index contributed by atoms with van der Waals surface area (Å²) in [6, 6.07) is 11.7. The van der Waals surface area contributed by atoms with E-state index in [0.717, 1.165) is 35.7 Å². The van der Waals surface area contributed by atoms with Gasteiger partial charge in [-0.15, -0.1) is 0 Å². The van der Waals surface area contributed by atoms with Crippen LogP contribution in [0.1, 0.15) is 0 Å². The van der Waals surface area contributed by atoms with E-state index in [1.807, 2.05) is 36.4 Å². The minimum absolute atomic E-state index is 0.756. The van der Waals surface area contributed by atoms with Gasteiger partial charge in [-0.25, -0.2) is 4.98 Å². The molecule has 0 amide bonds. The van der Waals surface area contributed by atoms with Crippen LogP contribution in [0, 0.1) is 0 Å². The molecule has 3 nitrogen and oxygen atoms in total. The van der Waals surface area contributed by atoms with Gasteiger partial charge in [-0.3, -0.25) is 0 Å². The van der Waals surface area contributed by atoms with Crippen LogP contribution in [0.5, 0.6) is 0 Å². The molecule has 19 heavy (non-hydrogen) atoms. The van der Waals surface area contributed by atoms with E-state index in [2.05, 4.69) is 42.2 Å². The monoisotopic (exact) mass is 397 g/mol. The fourth-order valence-corrected chi connectivity index (χ4v) is 3.34. The van der Waals surface area contributed by atoms with Gasteiger partial charge in [0.25, 0.3) is 0 Å². The van der Waals surface area contributed by atoms with Crippen molar-refractivity contribution >= 4 is 69.9 Å². The third-order valence-corrected chi connectivity index (χ3v) is 4.70. The maximum Gasteiger partial charge on any atom is 0.188 e. The highest BCUT2D eigenvalue weighted by Crippen LogP contribution is 2.33. The predicted molar refractivity (Wildman–Crippen MR) is 89.2 cm³/mol. The molecule has 0 radical (unpaired) electrons. The zero-order valence-corrected chi connectivity index (χ0v) is 13.6. The van der Waals surface area contributed by atoms with Gasteiger partial charge in [0.15, 0.2) is 5.13 Å². The molecule has 3 N–H and O–H groups in total. The molecule has 3 rings (SSSR count). The van der Waals surface area contributed by atoms with E-state index in [1.165, 1.54) is 0 Å². The maximum absolute atomic E-state index is 5.77. The number of thiazole rings is 1. The second-order valence-corrected chi connectivity index (χ2v) is 6.80. The minimum Gasteiger partial charge on any atom is -0.399 e. The second-order valence-electron chi connectivity index (χ2n) is 4.00. The van der Waals surface area contributed by atoms with Gasteiger partial charge in [-0.1, -0.05) is 27.3 Å². The lowest BCUT2D eigenvalue weighted by atomic mass is 10.3. The van der Waals surface area contributed by atoms with Crippen molar-refractivity contribution in [3.05, 3.63) is 45.3 Å². The molecule has 1 aromatic heterocycles. The number of nitrogens with two attached hydrogens (primary N) is 1. The molecule has 0 aliphatic carbocycles. The third-order valence-electron chi connectivity index (χ3n) is 2.58. The summed E-state index contributed by atoms with van der Waals surface area (Å²) in [5, 5.41) is 4.16. The molecule has 0 bridgehead atoms. The van der Waals surface area contributed by atoms with Crippen LogP contribution in [0.15, 0.2) is 45.3 Å². The lowest BCUT2D eigenvalue weighted by Crippen LogP contribution is -1.90. The highest BCUT2D eigenvalue weighted by atomic mass is 79.9. The largest absolute Gasteiger partial charge is 0.399 e. The Kier molecular flexibility index (Phi) is 3.47. The molecule has 3 aromatic rings. The van der Waals surface area contributed by atoms with Gasteiger partial charge in [-0.2, -0.15) is 0 Å². The number of nitrogens with one attached hydrogen (secondary N) is 1. The molecule has 0 fully saturated rings. The number of hydrogen-bond acceptors (Lipinski definition) is 4. The van der Waals surface area contributed by atoms with Gasteiger partial charge in [0.2, 0.25) is 0 Å². The summed E-state index contributed by atoms with van der Waals surface area (Å²) in [7, 11) is 0. The molecule has 0 aliphatic heterocycles. The fourth-order valence-electron chi connectivity index (χ4n) is 1.70. The van der Waals surface area contributed by atoms with Gasteiger partial charge in [0, 0.05) is 14.6 Å². The lowest BCUT2D eigenvalue weighted by Gasteiger charge is -2.05. The van der Waals surface area contributed by atoms with Crippen molar-refractivity contribution < 1.29 is 0 Å². The Morgan fingerprint density at radius 2 is 1.95 bits per heavy atom. The van der Waals surface area contributed by atoms with Crippen LogP contribution in [0.3, 0.4) is 0 Å². The molecular formula is C13H9Br2N3S. The number of halogens is 2. The number of hydrogen-bond donors (Lipinski definition) is 2. The van der Waals surface area contributed by atoms with E-state index in [0.29, 0.717) is 0 Å². The summed E-state index contributed by atoms with van der Waals surface area (Å²) in [4.78, 5) is 4.54. The molecule has 0 saturated heterocycles. The van der Waals surface area contributed by atoms with Gasteiger partial charge in [0.05, 0.1) is 15.9 Å². The Morgan fingerprint density at radius 1 is 1.11 bits per heavy atom. The van der Waals surface area contributed by atoms with E-state index >= 15 is 0 Å². The Bertz CT molecular complexity index is 755. The SMILES string of the molecule is Nc1ccc2nc(Nc3cc(Br)ccc3Br)sc2c1. The van der Waals surface area contributed by atoms with Crippen LogP contribution in [0.2, 0.25) is 0 Å². The Labute approximate surface area is 131 Å². The molecule has 0 aliphatic rings. The molecule has 2 aromatic carbocycles. The Hall–Kier alpha value is -1.11. The molecule has 96 valence electrons. The highest BCUT2D eigenvalue weighted by molar-refractivity contribution is 9.11. The minimum atomic E-state index is 0.756. The zero-order valence-electron chi connectivity index (χ0n) is 9.65. The van der Waals surface area contributed by atoms with Crippen molar-refractivity contribution in [1.29, 1.82) is 0 Å². The normalized spacial score (nSPS) is 10.8. The predicted octanol–water partition coefficient (Wildman–Crippen LogP) is 5.15. The number of aromatic nitrogens is 1. The topological polar surface area (TPSA) is 50.9 Å². The average molecular weight is 399 g/mol. The van der Waals surface area contributed by atoms with E-state index < -0.39 is 0 Å². The van der Waals surface area contributed by atoms with E-state index in [-0.39, 0.29) is 0 Å². The standard InChI is InChI=1S/C13H9Br2N3S/c14-7-1-3-9(15)11(5-7)18-13-17-10-4-2-8(16)6-12(10)19-13/h1-6H,16H2,(H,17,18). The number of benzene rings is 2. The molecule has 1 heterocycles. The Morgan fingerprint density at radius 3 is 2.79 bits per heavy atom. The molecule has 0 atom stereocenters. The molecule has 0 spiro atoms. The van der Waals surface area contributed by atoms with Gasteiger partial charge < -0.3 is 11.1 Å². The zero-order chi connectivity index (χ0) is 13.4. The van der Waals surface area contributed by atoms with Crippen LogP contribution >= 0.6 is 43.2 Å². The first kappa shape index (κ1) is 12.9. The summed E-state index contributed by atoms with van der Waals surface area (Å²) in [6.45, 7) is 0. The van der Waals surface area contributed by atoms with Crippen LogP contribution < -0.4 is 11.1 Å². The number of nitrogen functional groups attached to an aromatic ring is 1. The van der Waals surface area contributed by atoms with Crippen molar-refractivity contribution in [2.24, 2.45) is 0 Å². The number of fused-ring (bicyclic) bond motifs is 1. The maximum atomic E-state index is 5.77. The van der Waals surface area contributed by atoms with E-state index in [1.54, 1.807) is 11.3 Å². The fraction of sp³-hybridized carbons (Fsp3) is 0. The summed E-state index contributed by atoms with van der Waals surface area (Å²) < 4.78 is 3.09. The van der Waals surface area contributed by atoms with Crippen molar-refractivity contribution in [3.8, 4) is 0 Å². The first-order chi connectivity index (χ1) is 9.11. The van der Waals surface area contributed by atoms with Crippen molar-refractivity contribution in [2.45, 2.75) is 0 Å².